The van der Waals surface area contributed by atoms with Crippen LogP contribution >= 0.6 is 0 Å². The number of likely N-dealkylation sites (tertiary alicyclic amines) is 1. The summed E-state index contributed by atoms with van der Waals surface area (Å²) in [6.45, 7) is 8.65. The maximum absolute atomic E-state index is 13.6. The molecule has 1 aromatic carbocycles. The van der Waals surface area contributed by atoms with Crippen LogP contribution in [0.5, 0.6) is 11.5 Å². The van der Waals surface area contributed by atoms with Gasteiger partial charge < -0.3 is 24.8 Å². The maximum atomic E-state index is 13.6. The first-order valence-corrected chi connectivity index (χ1v) is 11.1. The molecule has 2 N–H and O–H groups in total. The van der Waals surface area contributed by atoms with Crippen molar-refractivity contribution in [3.05, 3.63) is 23.3 Å². The first kappa shape index (κ1) is 21.9. The monoisotopic (exact) mass is 431 g/mol. The molecule has 3 amide bonds. The molecule has 3 aliphatic heterocycles. The summed E-state index contributed by atoms with van der Waals surface area (Å²) in [5.41, 5.74) is -0.242. The van der Waals surface area contributed by atoms with Crippen LogP contribution in [-0.4, -0.2) is 71.8 Å². The number of fused-ring (bicyclic) bond motifs is 2. The summed E-state index contributed by atoms with van der Waals surface area (Å²) < 4.78 is 11.7. The van der Waals surface area contributed by atoms with Gasteiger partial charge in [0.05, 0.1) is 13.2 Å². The number of imide groups is 1. The Bertz CT molecular complexity index is 878. The number of aliphatic hydroxyl groups excluding tert-OH is 1. The van der Waals surface area contributed by atoms with Crippen molar-refractivity contribution in [3.8, 4) is 11.5 Å². The van der Waals surface area contributed by atoms with Crippen LogP contribution in [0.1, 0.15) is 50.7 Å². The van der Waals surface area contributed by atoms with Crippen LogP contribution in [0.25, 0.3) is 0 Å². The van der Waals surface area contributed by atoms with Crippen molar-refractivity contribution in [2.24, 2.45) is 0 Å². The minimum atomic E-state index is -1.12. The summed E-state index contributed by atoms with van der Waals surface area (Å²) in [5.74, 6) is 1.08. The Labute approximate surface area is 183 Å². The number of nitrogens with zero attached hydrogens (tertiary/aromatic N) is 2. The van der Waals surface area contributed by atoms with Gasteiger partial charge in [-0.05, 0) is 58.7 Å². The Kier molecular flexibility index (Phi) is 5.64. The summed E-state index contributed by atoms with van der Waals surface area (Å²) >= 11 is 0. The molecule has 170 valence electrons. The Morgan fingerprint density at radius 1 is 1.23 bits per heavy atom. The Balaban J connectivity index is 1.55. The highest BCUT2D eigenvalue weighted by atomic mass is 16.5. The molecule has 3 aliphatic rings. The number of nitrogens with one attached hydrogen (secondary N) is 1. The van der Waals surface area contributed by atoms with Gasteiger partial charge in [-0.3, -0.25) is 9.69 Å². The van der Waals surface area contributed by atoms with Crippen molar-refractivity contribution >= 4 is 11.9 Å². The highest BCUT2D eigenvalue weighted by Crippen LogP contribution is 2.49. The molecule has 0 aliphatic carbocycles. The number of amides is 3. The normalized spacial score (nSPS) is 26.0. The standard InChI is InChI=1S/C23H33N3O5/c1-15-18(30-4)7-6-17-19(15)31-22(2,3)14-23(17)20(28)26(21(29)24-23)11-5-10-25-12-8-16(27)9-13-25/h6-7,16,27H,5,8-14H2,1-4H3,(H,24,29). The molecule has 31 heavy (non-hydrogen) atoms. The van der Waals surface area contributed by atoms with Crippen molar-refractivity contribution in [1.82, 2.24) is 15.1 Å². The van der Waals surface area contributed by atoms with Crippen molar-refractivity contribution in [3.63, 3.8) is 0 Å². The van der Waals surface area contributed by atoms with E-state index in [2.05, 4.69) is 10.2 Å². The molecule has 0 radical (unpaired) electrons. The van der Waals surface area contributed by atoms with Gasteiger partial charge in [-0.25, -0.2) is 4.79 Å². The van der Waals surface area contributed by atoms with E-state index in [-0.39, 0.29) is 18.0 Å². The number of rotatable bonds is 5. The molecule has 0 aromatic heterocycles. The van der Waals surface area contributed by atoms with Crippen molar-refractivity contribution in [1.29, 1.82) is 0 Å². The highest BCUT2D eigenvalue weighted by molar-refractivity contribution is 6.08. The van der Waals surface area contributed by atoms with E-state index in [9.17, 15) is 14.7 Å². The Hall–Kier alpha value is -2.32. The number of piperidine rings is 1. The van der Waals surface area contributed by atoms with Gasteiger partial charge in [0, 0.05) is 37.2 Å². The lowest BCUT2D eigenvalue weighted by Crippen LogP contribution is -2.54. The molecule has 1 atom stereocenters. The van der Waals surface area contributed by atoms with Crippen LogP contribution in [0.2, 0.25) is 0 Å². The number of hydrogen-bond donors (Lipinski definition) is 2. The van der Waals surface area contributed by atoms with Crippen LogP contribution in [-0.2, 0) is 10.3 Å². The smallest absolute Gasteiger partial charge is 0.325 e. The molecule has 3 heterocycles. The summed E-state index contributed by atoms with van der Waals surface area (Å²) in [6.07, 6.45) is 2.42. The maximum Gasteiger partial charge on any atom is 0.325 e. The summed E-state index contributed by atoms with van der Waals surface area (Å²) in [5, 5.41) is 12.7. The molecule has 2 saturated heterocycles. The van der Waals surface area contributed by atoms with E-state index in [1.807, 2.05) is 32.9 Å². The third-order valence-corrected chi connectivity index (χ3v) is 6.69. The number of benzene rings is 1. The zero-order valence-corrected chi connectivity index (χ0v) is 18.9. The largest absolute Gasteiger partial charge is 0.496 e. The summed E-state index contributed by atoms with van der Waals surface area (Å²) in [6, 6.07) is 3.30. The van der Waals surface area contributed by atoms with Gasteiger partial charge in [0.25, 0.3) is 5.91 Å². The average molecular weight is 432 g/mol. The molecule has 2 fully saturated rings. The number of urea groups is 1. The second-order valence-corrected chi connectivity index (χ2v) is 9.53. The number of ether oxygens (including phenoxy) is 2. The van der Waals surface area contributed by atoms with Crippen molar-refractivity contribution in [2.45, 2.75) is 63.7 Å². The molecule has 0 saturated carbocycles. The van der Waals surface area contributed by atoms with Crippen LogP contribution in [0, 0.1) is 6.92 Å². The van der Waals surface area contributed by atoms with Crippen molar-refractivity contribution < 1.29 is 24.2 Å². The van der Waals surface area contributed by atoms with Crippen LogP contribution in [0.15, 0.2) is 12.1 Å². The number of methoxy groups -OCH3 is 1. The molecule has 4 rings (SSSR count). The van der Waals surface area contributed by atoms with E-state index in [0.717, 1.165) is 38.0 Å². The fraction of sp³-hybridized carbons (Fsp3) is 0.652. The zero-order chi connectivity index (χ0) is 22.4. The minimum absolute atomic E-state index is 0.207. The minimum Gasteiger partial charge on any atom is -0.496 e. The van der Waals surface area contributed by atoms with E-state index in [4.69, 9.17) is 9.47 Å². The van der Waals surface area contributed by atoms with Crippen LogP contribution in [0.3, 0.4) is 0 Å². The van der Waals surface area contributed by atoms with Crippen LogP contribution < -0.4 is 14.8 Å². The molecule has 1 aromatic rings. The molecular weight excluding hydrogens is 398 g/mol. The Morgan fingerprint density at radius 2 is 1.94 bits per heavy atom. The SMILES string of the molecule is COc1ccc2c(c1C)OC(C)(C)CC21NC(=O)N(CCCN2CCC(O)CC2)C1=O. The van der Waals surface area contributed by atoms with Gasteiger partial charge in [0.1, 0.15) is 17.1 Å². The average Bonchev–Trinajstić information content (AvgIpc) is 2.94. The molecule has 8 nitrogen and oxygen atoms in total. The first-order valence-electron chi connectivity index (χ1n) is 11.1. The number of carbonyl (C=O) groups is 2. The van der Waals surface area contributed by atoms with Gasteiger partial charge in [0.2, 0.25) is 0 Å². The predicted molar refractivity (Wildman–Crippen MR) is 115 cm³/mol. The van der Waals surface area contributed by atoms with E-state index < -0.39 is 11.1 Å². The lowest BCUT2D eigenvalue weighted by Gasteiger charge is -2.43. The molecular formula is C23H33N3O5. The lowest BCUT2D eigenvalue weighted by molar-refractivity contribution is -0.134. The second-order valence-electron chi connectivity index (χ2n) is 9.53. The van der Waals surface area contributed by atoms with Crippen molar-refractivity contribution in [2.75, 3.05) is 33.3 Å². The van der Waals surface area contributed by atoms with E-state index in [0.29, 0.717) is 36.4 Å². The van der Waals surface area contributed by atoms with Gasteiger partial charge in [0.15, 0.2) is 5.54 Å². The fourth-order valence-electron chi connectivity index (χ4n) is 5.14. The van der Waals surface area contributed by atoms with E-state index >= 15 is 0 Å². The molecule has 1 spiro atoms. The highest BCUT2D eigenvalue weighted by Gasteiger charge is 2.58. The van der Waals surface area contributed by atoms with E-state index in [1.165, 1.54) is 4.90 Å². The van der Waals surface area contributed by atoms with Gasteiger partial charge in [-0.15, -0.1) is 0 Å². The molecule has 0 bridgehead atoms. The van der Waals surface area contributed by atoms with Gasteiger partial charge >= 0.3 is 6.03 Å². The molecule has 1 unspecified atom stereocenters. The second kappa shape index (κ2) is 7.98. The Morgan fingerprint density at radius 3 is 2.61 bits per heavy atom. The van der Waals surface area contributed by atoms with Crippen LogP contribution in [0.4, 0.5) is 4.79 Å². The lowest BCUT2D eigenvalue weighted by atomic mass is 9.76. The fourth-order valence-corrected chi connectivity index (χ4v) is 5.14. The third kappa shape index (κ3) is 3.87. The third-order valence-electron chi connectivity index (χ3n) is 6.69. The zero-order valence-electron chi connectivity index (χ0n) is 18.9. The number of hydrogen-bond acceptors (Lipinski definition) is 6. The van der Waals surface area contributed by atoms with Gasteiger partial charge in [-0.1, -0.05) is 0 Å². The predicted octanol–water partition coefficient (Wildman–Crippen LogP) is 2.16. The molecule has 8 heteroatoms. The summed E-state index contributed by atoms with van der Waals surface area (Å²) in [7, 11) is 1.60. The van der Waals surface area contributed by atoms with E-state index in [1.54, 1.807) is 7.11 Å². The topological polar surface area (TPSA) is 91.3 Å². The summed E-state index contributed by atoms with van der Waals surface area (Å²) in [4.78, 5) is 30.2. The number of aliphatic hydroxyl groups is 1. The quantitative estimate of drug-likeness (QED) is 0.695. The first-order chi connectivity index (χ1) is 14.7. The van der Waals surface area contributed by atoms with Gasteiger partial charge in [-0.2, -0.15) is 0 Å². The number of carbonyl (C=O) groups excluding carboxylic acids is 2.